The molecule has 0 spiro atoms. The Bertz CT molecular complexity index is 586. The van der Waals surface area contributed by atoms with E-state index in [0.717, 1.165) is 13.0 Å². The molecule has 0 aromatic carbocycles. The molecule has 28 heavy (non-hydrogen) atoms. The third-order valence-corrected chi connectivity index (χ3v) is 7.17. The quantitative estimate of drug-likeness (QED) is 0.331. The standard InChI is InChI=1S/C16H26F3NO5S2Si/c1-6-23-15(26)27-10(8-28(3,4)5)7-11-12(25-14(22)24-11)13(16(17,18)19)20-9(2)21/h10-13H,6-8H2,1-5H3,(H,20,21)/t10?,11-,12+,13?/m1/s1. The third kappa shape index (κ3) is 8.56. The van der Waals surface area contributed by atoms with Gasteiger partial charge in [-0.1, -0.05) is 31.4 Å². The zero-order valence-corrected chi connectivity index (χ0v) is 19.1. The van der Waals surface area contributed by atoms with Crippen LogP contribution >= 0.6 is 24.0 Å². The number of hydrogen-bond acceptors (Lipinski definition) is 7. The van der Waals surface area contributed by atoms with E-state index in [2.05, 4.69) is 19.6 Å². The van der Waals surface area contributed by atoms with Crippen molar-refractivity contribution in [3.05, 3.63) is 0 Å². The van der Waals surface area contributed by atoms with Gasteiger partial charge in [-0.3, -0.25) is 4.79 Å². The van der Waals surface area contributed by atoms with Crippen LogP contribution in [0.4, 0.5) is 18.0 Å². The summed E-state index contributed by atoms with van der Waals surface area (Å²) < 4.78 is 55.7. The molecule has 1 aliphatic rings. The number of carbonyl (C=O) groups is 2. The number of nitrogens with one attached hydrogen (secondary N) is 1. The van der Waals surface area contributed by atoms with Crippen LogP contribution in [0.2, 0.25) is 25.7 Å². The van der Waals surface area contributed by atoms with Gasteiger partial charge in [-0.05, 0) is 25.2 Å². The molecule has 1 N–H and O–H groups in total. The molecule has 1 saturated heterocycles. The van der Waals surface area contributed by atoms with Crippen molar-refractivity contribution in [2.45, 2.75) is 75.6 Å². The highest BCUT2D eigenvalue weighted by Gasteiger charge is 2.54. The number of rotatable bonds is 8. The summed E-state index contributed by atoms with van der Waals surface area (Å²) in [5.41, 5.74) is 0. The first-order chi connectivity index (χ1) is 12.7. The van der Waals surface area contributed by atoms with Crippen LogP contribution in [0, 0.1) is 0 Å². The van der Waals surface area contributed by atoms with Crippen LogP contribution in [0.25, 0.3) is 0 Å². The van der Waals surface area contributed by atoms with Gasteiger partial charge < -0.3 is 19.5 Å². The first kappa shape index (κ1) is 25.0. The lowest BCUT2D eigenvalue weighted by atomic mass is 10.0. The van der Waals surface area contributed by atoms with Crippen LogP contribution in [-0.4, -0.2) is 60.8 Å². The van der Waals surface area contributed by atoms with Gasteiger partial charge in [0.1, 0.15) is 6.10 Å². The van der Waals surface area contributed by atoms with E-state index in [-0.39, 0.29) is 11.7 Å². The normalized spacial score (nSPS) is 22.1. The van der Waals surface area contributed by atoms with Gasteiger partial charge in [0.25, 0.3) is 0 Å². The maximum absolute atomic E-state index is 13.5. The van der Waals surface area contributed by atoms with E-state index in [4.69, 9.17) is 26.4 Å². The average molecular weight is 462 g/mol. The number of carbonyl (C=O) groups excluding carboxylic acids is 2. The highest BCUT2D eigenvalue weighted by molar-refractivity contribution is 8.23. The second kappa shape index (κ2) is 10.1. The Hall–Kier alpha value is -1.01. The van der Waals surface area contributed by atoms with Gasteiger partial charge in [-0.25, -0.2) is 4.79 Å². The number of hydrogen-bond donors (Lipinski definition) is 1. The van der Waals surface area contributed by atoms with Crippen molar-refractivity contribution >= 4 is 48.5 Å². The molecule has 12 heteroatoms. The predicted molar refractivity (Wildman–Crippen MR) is 107 cm³/mol. The number of thioether (sulfide) groups is 1. The number of halogens is 3. The molecule has 1 rings (SSSR count). The number of cyclic esters (lactones) is 2. The minimum atomic E-state index is -4.80. The van der Waals surface area contributed by atoms with Crippen molar-refractivity contribution in [2.75, 3.05) is 6.61 Å². The molecule has 1 heterocycles. The summed E-state index contributed by atoms with van der Waals surface area (Å²) in [6.45, 7) is 9.49. The van der Waals surface area contributed by atoms with Crippen molar-refractivity contribution in [2.24, 2.45) is 0 Å². The third-order valence-electron chi connectivity index (χ3n) is 3.75. The minimum Gasteiger partial charge on any atom is -0.479 e. The second-order valence-electron chi connectivity index (χ2n) is 7.63. The first-order valence-corrected chi connectivity index (χ1v) is 13.8. The van der Waals surface area contributed by atoms with Gasteiger partial charge in [-0.2, -0.15) is 13.2 Å². The maximum Gasteiger partial charge on any atom is 0.509 e. The molecule has 2 unspecified atom stereocenters. The molecule has 0 saturated carbocycles. The van der Waals surface area contributed by atoms with E-state index in [1.807, 2.05) is 5.32 Å². The average Bonchev–Trinajstić information content (AvgIpc) is 2.81. The summed E-state index contributed by atoms with van der Waals surface area (Å²) in [5, 5.41) is 1.62. The molecule has 0 bridgehead atoms. The van der Waals surface area contributed by atoms with Crippen molar-refractivity contribution in [1.82, 2.24) is 5.32 Å². The molecule has 4 atom stereocenters. The van der Waals surface area contributed by atoms with E-state index in [9.17, 15) is 22.8 Å². The Kier molecular flexibility index (Phi) is 9.07. The van der Waals surface area contributed by atoms with Crippen molar-refractivity contribution < 1.29 is 37.0 Å². The van der Waals surface area contributed by atoms with E-state index in [1.165, 1.54) is 11.8 Å². The monoisotopic (exact) mass is 461 g/mol. The Balaban J connectivity index is 3.04. The van der Waals surface area contributed by atoms with Gasteiger partial charge in [0.2, 0.25) is 10.3 Å². The highest BCUT2D eigenvalue weighted by Crippen LogP contribution is 2.35. The topological polar surface area (TPSA) is 73.9 Å². The lowest BCUT2D eigenvalue weighted by Crippen LogP contribution is -2.55. The molecule has 0 radical (unpaired) electrons. The van der Waals surface area contributed by atoms with Crippen LogP contribution in [0.15, 0.2) is 0 Å². The van der Waals surface area contributed by atoms with E-state index >= 15 is 0 Å². The summed E-state index contributed by atoms with van der Waals surface area (Å²) in [5.74, 6) is -0.880. The fourth-order valence-electron chi connectivity index (χ4n) is 2.84. The number of thiocarbonyl (C=S) groups is 1. The molecule has 1 fully saturated rings. The summed E-state index contributed by atoms with van der Waals surface area (Å²) in [6.07, 6.45) is -8.71. The zero-order chi connectivity index (χ0) is 21.7. The molecule has 0 aromatic rings. The molecule has 162 valence electrons. The Morgan fingerprint density at radius 3 is 2.43 bits per heavy atom. The van der Waals surface area contributed by atoms with Crippen LogP contribution in [0.3, 0.4) is 0 Å². The van der Waals surface area contributed by atoms with Crippen LogP contribution in [-0.2, 0) is 19.0 Å². The van der Waals surface area contributed by atoms with Gasteiger partial charge in [0.05, 0.1) is 6.61 Å². The number of alkyl halides is 3. The van der Waals surface area contributed by atoms with Gasteiger partial charge in [0, 0.05) is 26.7 Å². The number of ether oxygens (including phenoxy) is 3. The molecule has 1 amide bonds. The minimum absolute atomic E-state index is 0.102. The number of amides is 1. The SMILES string of the molecule is CCOC(=S)SC(C[C@H]1OC(=O)O[C@@H]1C(NC(C)=O)C(F)(F)F)C[Si](C)(C)C. The molecular weight excluding hydrogens is 435 g/mol. The Morgan fingerprint density at radius 1 is 1.36 bits per heavy atom. The van der Waals surface area contributed by atoms with Crippen LogP contribution in [0.5, 0.6) is 0 Å². The maximum atomic E-state index is 13.5. The molecule has 0 aliphatic carbocycles. The fraction of sp³-hybridized carbons (Fsp3) is 0.812. The Labute approximate surface area is 173 Å². The predicted octanol–water partition coefficient (Wildman–Crippen LogP) is 4.11. The van der Waals surface area contributed by atoms with Crippen LogP contribution < -0.4 is 5.32 Å². The van der Waals surface area contributed by atoms with Crippen LogP contribution in [0.1, 0.15) is 20.3 Å². The largest absolute Gasteiger partial charge is 0.509 e. The van der Waals surface area contributed by atoms with Gasteiger partial charge in [0.15, 0.2) is 12.1 Å². The molecule has 6 nitrogen and oxygen atoms in total. The second-order valence-corrected chi connectivity index (χ2v) is 15.1. The molecule has 1 aliphatic heterocycles. The van der Waals surface area contributed by atoms with E-state index < -0.39 is 44.6 Å². The van der Waals surface area contributed by atoms with Gasteiger partial charge in [-0.15, -0.1) is 0 Å². The smallest absolute Gasteiger partial charge is 0.479 e. The van der Waals surface area contributed by atoms with Crippen molar-refractivity contribution in [3.63, 3.8) is 0 Å². The summed E-state index contributed by atoms with van der Waals surface area (Å²) >= 11 is 6.41. The molecular formula is C16H26F3NO5S2Si. The van der Waals surface area contributed by atoms with Crippen molar-refractivity contribution in [3.8, 4) is 0 Å². The zero-order valence-electron chi connectivity index (χ0n) is 16.4. The van der Waals surface area contributed by atoms with Gasteiger partial charge >= 0.3 is 12.3 Å². The summed E-state index contributed by atoms with van der Waals surface area (Å²) in [4.78, 5) is 22.8. The van der Waals surface area contributed by atoms with E-state index in [1.54, 1.807) is 6.92 Å². The van der Waals surface area contributed by atoms with E-state index in [0.29, 0.717) is 11.0 Å². The lowest BCUT2D eigenvalue weighted by molar-refractivity contribution is -0.181. The highest BCUT2D eigenvalue weighted by atomic mass is 32.2. The Morgan fingerprint density at radius 2 is 1.96 bits per heavy atom. The summed E-state index contributed by atoms with van der Waals surface area (Å²) in [7, 11) is -1.62. The first-order valence-electron chi connectivity index (χ1n) is 8.77. The van der Waals surface area contributed by atoms with Crippen molar-refractivity contribution in [1.29, 1.82) is 0 Å². The summed E-state index contributed by atoms with van der Waals surface area (Å²) in [6, 6.07) is -1.62. The fourth-order valence-corrected chi connectivity index (χ4v) is 7.48. The molecule has 0 aromatic heterocycles. The lowest BCUT2D eigenvalue weighted by Gasteiger charge is -2.30.